The molecule has 0 fully saturated rings. The van der Waals surface area contributed by atoms with Gasteiger partial charge in [0.15, 0.2) is 5.84 Å². The fourth-order valence-corrected chi connectivity index (χ4v) is 5.67. The van der Waals surface area contributed by atoms with Crippen LogP contribution in [0.1, 0.15) is 34.0 Å². The van der Waals surface area contributed by atoms with Gasteiger partial charge in [-0.2, -0.15) is 26.3 Å². The Bertz CT molecular complexity index is 1570. The van der Waals surface area contributed by atoms with Crippen LogP contribution in [0.4, 0.5) is 30.7 Å². The van der Waals surface area contributed by atoms with Crippen molar-refractivity contribution < 1.29 is 35.6 Å². The number of aromatic nitrogens is 1. The monoisotopic (exact) mass is 619 g/mol. The fourth-order valence-electron chi connectivity index (χ4n) is 4.22. The molecule has 5 rings (SSSR count). The maximum atomic E-state index is 14.7. The van der Waals surface area contributed by atoms with Gasteiger partial charge in [-0.25, -0.2) is 4.39 Å². The van der Waals surface area contributed by atoms with Gasteiger partial charge in [-0.05, 0) is 47.5 Å². The third-order valence-corrected chi connectivity index (χ3v) is 7.48. The molecule has 3 heterocycles. The van der Waals surface area contributed by atoms with Crippen molar-refractivity contribution in [3.63, 3.8) is 0 Å². The first-order chi connectivity index (χ1) is 18.8. The molecular formula is C26H14Cl2F7N3OS. The number of nitrogens with zero attached hydrogens (tertiary/aromatic N) is 3. The van der Waals surface area contributed by atoms with E-state index in [4.69, 9.17) is 28.0 Å². The average Bonchev–Trinajstić information content (AvgIpc) is 3.45. The highest BCUT2D eigenvalue weighted by molar-refractivity contribution is 7.20. The highest BCUT2D eigenvalue weighted by Gasteiger charge is 2.41. The van der Waals surface area contributed by atoms with Gasteiger partial charge in [0.05, 0.1) is 27.6 Å². The third-order valence-electron chi connectivity index (χ3n) is 6.00. The van der Waals surface area contributed by atoms with E-state index in [0.717, 1.165) is 11.3 Å². The topological polar surface area (TPSA) is 37.7 Å². The van der Waals surface area contributed by atoms with Crippen molar-refractivity contribution in [3.05, 3.63) is 109 Å². The van der Waals surface area contributed by atoms with Crippen molar-refractivity contribution in [1.82, 2.24) is 9.88 Å². The minimum atomic E-state index is -5.07. The van der Waals surface area contributed by atoms with E-state index in [0.29, 0.717) is 23.3 Å². The second-order valence-electron chi connectivity index (χ2n) is 8.59. The van der Waals surface area contributed by atoms with Crippen molar-refractivity contribution in [1.29, 1.82) is 0 Å². The molecule has 0 amide bonds. The zero-order chi connectivity index (χ0) is 28.8. The number of hydrogen-bond donors (Lipinski definition) is 0. The Hall–Kier alpha value is -3.35. The van der Waals surface area contributed by atoms with Gasteiger partial charge in [-0.1, -0.05) is 46.6 Å². The van der Waals surface area contributed by atoms with E-state index < -0.39 is 41.1 Å². The summed E-state index contributed by atoms with van der Waals surface area (Å²) in [5.41, 5.74) is -2.25. The first-order valence-electron chi connectivity index (χ1n) is 11.3. The molecule has 1 atom stereocenters. The van der Waals surface area contributed by atoms with E-state index in [1.807, 2.05) is 0 Å². The molecule has 0 bridgehead atoms. The number of oxime groups is 1. The maximum Gasteiger partial charge on any atom is 0.416 e. The number of thiophene rings is 1. The molecule has 14 heteroatoms. The molecule has 208 valence electrons. The summed E-state index contributed by atoms with van der Waals surface area (Å²) < 4.78 is 96.8. The van der Waals surface area contributed by atoms with Crippen LogP contribution < -0.4 is 0 Å². The lowest BCUT2D eigenvalue weighted by atomic mass is 9.99. The minimum Gasteiger partial charge on any atom is -0.363 e. The smallest absolute Gasteiger partial charge is 0.363 e. The molecule has 0 saturated heterocycles. The molecular weight excluding hydrogens is 606 g/mol. The Labute approximate surface area is 236 Å². The fraction of sp³-hybridized carbons (Fsp3) is 0.154. The Kier molecular flexibility index (Phi) is 7.45. The molecule has 0 aliphatic carbocycles. The summed E-state index contributed by atoms with van der Waals surface area (Å²) in [6.45, 7) is -0.206. The van der Waals surface area contributed by atoms with Crippen LogP contribution in [0.25, 0.3) is 11.1 Å². The number of alkyl halides is 6. The molecule has 2 aromatic heterocycles. The largest absolute Gasteiger partial charge is 0.416 e. The molecule has 0 N–H and O–H groups in total. The molecule has 0 spiro atoms. The first-order valence-corrected chi connectivity index (χ1v) is 12.8. The Balaban J connectivity index is 1.65. The van der Waals surface area contributed by atoms with Crippen LogP contribution in [0.5, 0.6) is 0 Å². The van der Waals surface area contributed by atoms with E-state index in [1.54, 1.807) is 6.07 Å². The lowest BCUT2D eigenvalue weighted by Crippen LogP contribution is -2.31. The van der Waals surface area contributed by atoms with Crippen molar-refractivity contribution in [3.8, 4) is 11.1 Å². The molecule has 1 aliphatic heterocycles. The summed E-state index contributed by atoms with van der Waals surface area (Å²) in [6, 6.07) is 10.0. The normalized spacial score (nSPS) is 15.8. The summed E-state index contributed by atoms with van der Waals surface area (Å²) >= 11 is 13.4. The molecule has 4 aromatic rings. The molecule has 4 nitrogen and oxygen atoms in total. The Morgan fingerprint density at radius 1 is 0.875 bits per heavy atom. The van der Waals surface area contributed by atoms with Gasteiger partial charge in [-0.3, -0.25) is 4.98 Å². The molecule has 40 heavy (non-hydrogen) atoms. The molecule has 1 aliphatic rings. The van der Waals surface area contributed by atoms with Crippen molar-refractivity contribution in [2.45, 2.75) is 25.1 Å². The van der Waals surface area contributed by atoms with Gasteiger partial charge >= 0.3 is 12.4 Å². The number of hydrogen-bond acceptors (Lipinski definition) is 5. The van der Waals surface area contributed by atoms with Crippen molar-refractivity contribution in [2.24, 2.45) is 5.16 Å². The number of benzene rings is 2. The van der Waals surface area contributed by atoms with Gasteiger partial charge in [0.2, 0.25) is 6.23 Å². The van der Waals surface area contributed by atoms with Gasteiger partial charge < -0.3 is 9.74 Å². The minimum absolute atomic E-state index is 0.00690. The van der Waals surface area contributed by atoms with Gasteiger partial charge in [0, 0.05) is 23.5 Å². The van der Waals surface area contributed by atoms with Gasteiger partial charge in [0.1, 0.15) is 10.2 Å². The average molecular weight is 620 g/mol. The van der Waals surface area contributed by atoms with Crippen LogP contribution in [0.15, 0.2) is 72.1 Å². The predicted molar refractivity (Wildman–Crippen MR) is 136 cm³/mol. The van der Waals surface area contributed by atoms with Crippen LogP contribution in [0.2, 0.25) is 8.67 Å². The zero-order valence-corrected chi connectivity index (χ0v) is 22.0. The standard InChI is InChI=1S/C26H14Cl2F7N3OS/c27-21-10-19(22(28)40-21)23-37-39-24(13-7-15(25(30,31)32)9-16(8-13)26(33,34)35)38(23)12-14-11-36-6-5-17(14)18-3-1-2-4-20(18)29/h1-11,24H,12H2. The second-order valence-corrected chi connectivity index (χ2v) is 10.9. The summed E-state index contributed by atoms with van der Waals surface area (Å²) in [7, 11) is 0. The van der Waals surface area contributed by atoms with Gasteiger partial charge in [0.25, 0.3) is 0 Å². The van der Waals surface area contributed by atoms with Crippen LogP contribution in [-0.4, -0.2) is 15.7 Å². The van der Waals surface area contributed by atoms with E-state index in [1.165, 1.54) is 47.6 Å². The Morgan fingerprint density at radius 3 is 2.15 bits per heavy atom. The number of rotatable bonds is 5. The number of halogens is 9. The zero-order valence-electron chi connectivity index (χ0n) is 19.7. The molecule has 1 unspecified atom stereocenters. The van der Waals surface area contributed by atoms with E-state index in [9.17, 15) is 30.7 Å². The highest BCUT2D eigenvalue weighted by atomic mass is 35.5. The maximum absolute atomic E-state index is 14.7. The quantitative estimate of drug-likeness (QED) is 0.209. The second kappa shape index (κ2) is 10.6. The molecule has 2 aromatic carbocycles. The van der Waals surface area contributed by atoms with Crippen molar-refractivity contribution >= 4 is 40.4 Å². The van der Waals surface area contributed by atoms with E-state index in [-0.39, 0.29) is 38.2 Å². The van der Waals surface area contributed by atoms with Crippen LogP contribution >= 0.6 is 34.5 Å². The number of amidine groups is 1. The van der Waals surface area contributed by atoms with E-state index in [2.05, 4.69) is 10.1 Å². The summed E-state index contributed by atoms with van der Waals surface area (Å²) in [4.78, 5) is 10.8. The lowest BCUT2D eigenvalue weighted by molar-refractivity contribution is -0.143. The first kappa shape index (κ1) is 28.2. The van der Waals surface area contributed by atoms with Gasteiger partial charge in [-0.15, -0.1) is 11.3 Å². The SMILES string of the molecule is Fc1ccccc1-c1ccncc1CN1C(c2cc(Cl)sc2Cl)=NOC1c1cc(C(F)(F)F)cc(C(F)(F)F)c1. The predicted octanol–water partition coefficient (Wildman–Crippen LogP) is 9.19. The van der Waals surface area contributed by atoms with E-state index >= 15 is 0 Å². The highest BCUT2D eigenvalue weighted by Crippen LogP contribution is 2.42. The lowest BCUT2D eigenvalue weighted by Gasteiger charge is -2.27. The summed E-state index contributed by atoms with van der Waals surface area (Å²) in [5, 5.41) is 3.97. The van der Waals surface area contributed by atoms with Crippen molar-refractivity contribution in [2.75, 3.05) is 0 Å². The molecule has 0 radical (unpaired) electrons. The van der Waals surface area contributed by atoms with Crippen LogP contribution in [-0.2, 0) is 23.7 Å². The summed E-state index contributed by atoms with van der Waals surface area (Å²) in [5.74, 6) is -0.536. The van der Waals surface area contributed by atoms with Crippen LogP contribution in [0.3, 0.4) is 0 Å². The third kappa shape index (κ3) is 5.61. The number of pyridine rings is 1. The summed E-state index contributed by atoms with van der Waals surface area (Å²) in [6.07, 6.45) is -8.86. The molecule has 0 saturated carbocycles. The Morgan fingerprint density at radius 2 is 1.55 bits per heavy atom. The van der Waals surface area contributed by atoms with Crippen LogP contribution in [0, 0.1) is 5.82 Å².